The Labute approximate surface area is 171 Å². The van der Waals surface area contributed by atoms with Gasteiger partial charge in [0.25, 0.3) is 5.91 Å². The van der Waals surface area contributed by atoms with Gasteiger partial charge >= 0.3 is 0 Å². The van der Waals surface area contributed by atoms with Gasteiger partial charge in [0.05, 0.1) is 18.5 Å². The second kappa shape index (κ2) is 8.70. The van der Waals surface area contributed by atoms with Crippen molar-refractivity contribution in [2.24, 2.45) is 0 Å². The molecule has 1 heterocycles. The first-order valence-electron chi connectivity index (χ1n) is 8.30. The van der Waals surface area contributed by atoms with E-state index >= 15 is 0 Å². The summed E-state index contributed by atoms with van der Waals surface area (Å²) in [4.78, 5) is 17.1. The number of ether oxygens (including phenoxy) is 1. The normalized spacial score (nSPS) is 11.0. The number of hydrogen-bond donors (Lipinski definition) is 1. The molecule has 0 spiro atoms. The van der Waals surface area contributed by atoms with Crippen LogP contribution in [0.4, 0.5) is 5.69 Å². The molecule has 2 aromatic carbocycles. The minimum Gasteiger partial charge on any atom is -0.495 e. The number of carbonyl (C=O) groups excluding carboxylic acids is 1. The first-order chi connectivity index (χ1) is 13.5. The molecule has 0 saturated heterocycles. The number of aryl methyl sites for hydroxylation is 1. The van der Waals surface area contributed by atoms with Crippen molar-refractivity contribution in [1.29, 1.82) is 5.26 Å². The standard InChI is InChI=1S/C21H16ClN3O2S/c1-13-8-17(19(27-2)10-16(13)22)25-21(26)15(11-23)9-20-24-18(12-28-20)14-6-4-3-5-7-14/h3-10,12H,1-2H3,(H,25,26)/b15-9-. The number of nitrogens with zero attached hydrogens (tertiary/aromatic N) is 2. The predicted octanol–water partition coefficient (Wildman–Crippen LogP) is 5.33. The van der Waals surface area contributed by atoms with Crippen molar-refractivity contribution in [3.63, 3.8) is 0 Å². The first kappa shape index (κ1) is 19.6. The van der Waals surface area contributed by atoms with Crippen molar-refractivity contribution < 1.29 is 9.53 Å². The van der Waals surface area contributed by atoms with Gasteiger partial charge < -0.3 is 10.1 Å². The average molecular weight is 410 g/mol. The van der Waals surface area contributed by atoms with Gasteiger partial charge in [-0.2, -0.15) is 5.26 Å². The van der Waals surface area contributed by atoms with Crippen LogP contribution in [-0.2, 0) is 4.79 Å². The van der Waals surface area contributed by atoms with Crippen molar-refractivity contribution in [2.45, 2.75) is 6.92 Å². The third kappa shape index (κ3) is 4.39. The maximum Gasteiger partial charge on any atom is 0.266 e. The maximum absolute atomic E-state index is 12.6. The monoisotopic (exact) mass is 409 g/mol. The molecule has 1 amide bonds. The smallest absolute Gasteiger partial charge is 0.266 e. The molecular weight excluding hydrogens is 394 g/mol. The maximum atomic E-state index is 12.6. The van der Waals surface area contributed by atoms with Crippen LogP contribution in [0.5, 0.6) is 5.75 Å². The molecule has 0 unspecified atom stereocenters. The molecule has 28 heavy (non-hydrogen) atoms. The molecule has 7 heteroatoms. The minimum atomic E-state index is -0.543. The Bertz CT molecular complexity index is 1080. The molecular formula is C21H16ClN3O2S. The fourth-order valence-electron chi connectivity index (χ4n) is 2.49. The van der Waals surface area contributed by atoms with E-state index < -0.39 is 5.91 Å². The van der Waals surface area contributed by atoms with Gasteiger partial charge in [-0.1, -0.05) is 41.9 Å². The zero-order chi connectivity index (χ0) is 20.1. The first-order valence-corrected chi connectivity index (χ1v) is 9.56. The van der Waals surface area contributed by atoms with Crippen LogP contribution >= 0.6 is 22.9 Å². The minimum absolute atomic E-state index is 0.0522. The van der Waals surface area contributed by atoms with Gasteiger partial charge in [-0.3, -0.25) is 4.79 Å². The fraction of sp³-hybridized carbons (Fsp3) is 0.0952. The Hall–Kier alpha value is -3.14. The number of aromatic nitrogens is 1. The van der Waals surface area contributed by atoms with E-state index in [1.54, 1.807) is 12.1 Å². The second-order valence-electron chi connectivity index (χ2n) is 5.86. The fourth-order valence-corrected chi connectivity index (χ4v) is 3.40. The number of thiazole rings is 1. The third-order valence-corrected chi connectivity index (χ3v) is 5.15. The van der Waals surface area contributed by atoms with E-state index in [1.807, 2.05) is 48.7 Å². The van der Waals surface area contributed by atoms with Gasteiger partial charge in [-0.05, 0) is 24.6 Å². The van der Waals surface area contributed by atoms with Crippen molar-refractivity contribution in [2.75, 3.05) is 12.4 Å². The number of halogens is 1. The Morgan fingerprint density at radius 1 is 1.32 bits per heavy atom. The summed E-state index contributed by atoms with van der Waals surface area (Å²) in [6.07, 6.45) is 1.47. The summed E-state index contributed by atoms with van der Waals surface area (Å²) in [6, 6.07) is 15.0. The highest BCUT2D eigenvalue weighted by atomic mass is 35.5. The highest BCUT2D eigenvalue weighted by Gasteiger charge is 2.15. The number of hydrogen-bond acceptors (Lipinski definition) is 5. The van der Waals surface area contributed by atoms with Gasteiger partial charge in [0, 0.05) is 22.0 Å². The van der Waals surface area contributed by atoms with Gasteiger partial charge in [-0.15, -0.1) is 11.3 Å². The number of carbonyl (C=O) groups is 1. The van der Waals surface area contributed by atoms with Crippen LogP contribution in [0.25, 0.3) is 17.3 Å². The van der Waals surface area contributed by atoms with Crippen LogP contribution in [0.1, 0.15) is 10.6 Å². The Balaban J connectivity index is 1.84. The van der Waals surface area contributed by atoms with E-state index in [0.717, 1.165) is 16.8 Å². The van der Waals surface area contributed by atoms with E-state index in [-0.39, 0.29) is 5.57 Å². The molecule has 0 atom stereocenters. The van der Waals surface area contributed by atoms with Crippen LogP contribution < -0.4 is 10.1 Å². The third-order valence-electron chi connectivity index (χ3n) is 3.95. The number of nitriles is 1. The second-order valence-corrected chi connectivity index (χ2v) is 7.16. The zero-order valence-corrected chi connectivity index (χ0v) is 16.8. The summed E-state index contributed by atoms with van der Waals surface area (Å²) in [5.74, 6) is -0.124. The Morgan fingerprint density at radius 3 is 2.75 bits per heavy atom. The van der Waals surface area contributed by atoms with E-state index in [9.17, 15) is 10.1 Å². The van der Waals surface area contributed by atoms with Crippen LogP contribution in [0.2, 0.25) is 5.02 Å². The summed E-state index contributed by atoms with van der Waals surface area (Å²) in [5, 5.41) is 15.1. The van der Waals surface area contributed by atoms with Gasteiger partial charge in [0.1, 0.15) is 22.4 Å². The summed E-state index contributed by atoms with van der Waals surface area (Å²) in [6.45, 7) is 1.82. The number of amides is 1. The summed E-state index contributed by atoms with van der Waals surface area (Å²) in [7, 11) is 1.48. The molecule has 3 rings (SSSR count). The molecule has 0 saturated carbocycles. The number of nitrogens with one attached hydrogen (secondary N) is 1. The van der Waals surface area contributed by atoms with Crippen LogP contribution in [0.3, 0.4) is 0 Å². The number of methoxy groups -OCH3 is 1. The Kier molecular flexibility index (Phi) is 6.09. The summed E-state index contributed by atoms with van der Waals surface area (Å²) >= 11 is 7.45. The molecule has 0 radical (unpaired) electrons. The summed E-state index contributed by atoms with van der Waals surface area (Å²) < 4.78 is 5.25. The molecule has 3 aromatic rings. The molecule has 140 valence electrons. The number of rotatable bonds is 5. The van der Waals surface area contributed by atoms with E-state index in [1.165, 1.54) is 24.5 Å². The van der Waals surface area contributed by atoms with Gasteiger partial charge in [-0.25, -0.2) is 4.98 Å². The average Bonchev–Trinajstić information content (AvgIpc) is 3.18. The lowest BCUT2D eigenvalue weighted by atomic mass is 10.2. The quantitative estimate of drug-likeness (QED) is 0.456. The van der Waals surface area contributed by atoms with Crippen molar-refractivity contribution in [1.82, 2.24) is 4.98 Å². The van der Waals surface area contributed by atoms with Crippen molar-refractivity contribution >= 4 is 40.6 Å². The highest BCUT2D eigenvalue weighted by molar-refractivity contribution is 7.10. The van der Waals surface area contributed by atoms with E-state index in [2.05, 4.69) is 10.3 Å². The molecule has 0 aliphatic heterocycles. The number of benzene rings is 2. The highest BCUT2D eigenvalue weighted by Crippen LogP contribution is 2.31. The topological polar surface area (TPSA) is 75.0 Å². The van der Waals surface area contributed by atoms with Crippen molar-refractivity contribution in [3.05, 3.63) is 69.0 Å². The predicted molar refractivity (Wildman–Crippen MR) is 113 cm³/mol. The lowest BCUT2D eigenvalue weighted by molar-refractivity contribution is -0.112. The lowest BCUT2D eigenvalue weighted by Crippen LogP contribution is -2.14. The molecule has 0 aliphatic rings. The molecule has 1 N–H and O–H groups in total. The van der Waals surface area contributed by atoms with Crippen molar-refractivity contribution in [3.8, 4) is 23.1 Å². The number of anilines is 1. The van der Waals surface area contributed by atoms with Crippen LogP contribution in [0, 0.1) is 18.3 Å². The molecule has 0 fully saturated rings. The molecule has 5 nitrogen and oxygen atoms in total. The summed E-state index contributed by atoms with van der Waals surface area (Å²) in [5.41, 5.74) is 2.95. The molecule has 0 bridgehead atoms. The van der Waals surface area contributed by atoms with Crippen LogP contribution in [-0.4, -0.2) is 18.0 Å². The lowest BCUT2D eigenvalue weighted by Gasteiger charge is -2.11. The molecule has 1 aromatic heterocycles. The SMILES string of the molecule is COc1cc(Cl)c(C)cc1NC(=O)/C(C#N)=C\c1nc(-c2ccccc2)cs1. The molecule has 0 aliphatic carbocycles. The zero-order valence-electron chi connectivity index (χ0n) is 15.2. The van der Waals surface area contributed by atoms with Gasteiger partial charge in [0.15, 0.2) is 0 Å². The van der Waals surface area contributed by atoms with Gasteiger partial charge in [0.2, 0.25) is 0 Å². The van der Waals surface area contributed by atoms with Crippen LogP contribution in [0.15, 0.2) is 53.4 Å². The largest absolute Gasteiger partial charge is 0.495 e. The van der Waals surface area contributed by atoms with E-state index in [4.69, 9.17) is 16.3 Å². The Morgan fingerprint density at radius 2 is 2.07 bits per heavy atom. The van der Waals surface area contributed by atoms with E-state index in [0.29, 0.717) is 21.5 Å².